The molecule has 7 heteroatoms. The number of hydrogen-bond donors (Lipinski definition) is 2. The van der Waals surface area contributed by atoms with Gasteiger partial charge in [0.25, 0.3) is 11.8 Å². The Morgan fingerprint density at radius 3 is 2.62 bits per heavy atom. The molecule has 126 valence electrons. The first-order chi connectivity index (χ1) is 11.4. The maximum atomic E-state index is 13.5. The van der Waals surface area contributed by atoms with Crippen molar-refractivity contribution < 1.29 is 23.5 Å². The monoisotopic (exact) mass is 332 g/mol. The SMILES string of the molecule is COc1cccc(C(N)=O)c1OCC(=O)Nc1ccc(C)c(F)c1. The van der Waals surface area contributed by atoms with E-state index in [-0.39, 0.29) is 17.1 Å². The lowest BCUT2D eigenvalue weighted by Gasteiger charge is -2.13. The third-order valence-corrected chi connectivity index (χ3v) is 3.27. The number of rotatable bonds is 6. The van der Waals surface area contributed by atoms with Gasteiger partial charge in [0, 0.05) is 5.69 Å². The molecule has 2 amide bonds. The van der Waals surface area contributed by atoms with Crippen LogP contribution in [0.4, 0.5) is 10.1 Å². The van der Waals surface area contributed by atoms with Gasteiger partial charge in [-0.3, -0.25) is 9.59 Å². The number of nitrogens with one attached hydrogen (secondary N) is 1. The first-order valence-electron chi connectivity index (χ1n) is 7.08. The Morgan fingerprint density at radius 2 is 2.00 bits per heavy atom. The molecule has 0 saturated carbocycles. The first-order valence-corrected chi connectivity index (χ1v) is 7.08. The van der Waals surface area contributed by atoms with E-state index in [1.807, 2.05) is 0 Å². The summed E-state index contributed by atoms with van der Waals surface area (Å²) in [6, 6.07) is 8.97. The van der Waals surface area contributed by atoms with Crippen molar-refractivity contribution in [2.45, 2.75) is 6.92 Å². The van der Waals surface area contributed by atoms with Gasteiger partial charge in [-0.2, -0.15) is 0 Å². The molecule has 6 nitrogen and oxygen atoms in total. The number of aryl methyl sites for hydroxylation is 1. The molecule has 0 radical (unpaired) electrons. The fourth-order valence-electron chi connectivity index (χ4n) is 2.02. The van der Waals surface area contributed by atoms with Gasteiger partial charge in [-0.05, 0) is 36.8 Å². The molecule has 0 spiro atoms. The van der Waals surface area contributed by atoms with Gasteiger partial charge in [0.1, 0.15) is 5.82 Å². The van der Waals surface area contributed by atoms with Gasteiger partial charge in [0.05, 0.1) is 12.7 Å². The molecular formula is C17H17FN2O4. The number of methoxy groups -OCH3 is 1. The number of carbonyl (C=O) groups is 2. The minimum Gasteiger partial charge on any atom is -0.493 e. The van der Waals surface area contributed by atoms with E-state index in [2.05, 4.69) is 5.32 Å². The molecule has 0 saturated heterocycles. The molecule has 3 N–H and O–H groups in total. The Bertz CT molecular complexity index is 777. The van der Waals surface area contributed by atoms with Crippen molar-refractivity contribution in [3.8, 4) is 11.5 Å². The quantitative estimate of drug-likeness (QED) is 0.849. The second kappa shape index (κ2) is 7.45. The van der Waals surface area contributed by atoms with Crippen LogP contribution in [0.2, 0.25) is 0 Å². The highest BCUT2D eigenvalue weighted by molar-refractivity contribution is 5.97. The third kappa shape index (κ3) is 4.01. The van der Waals surface area contributed by atoms with E-state index < -0.39 is 24.2 Å². The smallest absolute Gasteiger partial charge is 0.262 e. The Kier molecular flexibility index (Phi) is 5.36. The predicted molar refractivity (Wildman–Crippen MR) is 86.8 cm³/mol. The summed E-state index contributed by atoms with van der Waals surface area (Å²) in [7, 11) is 1.40. The molecule has 0 unspecified atom stereocenters. The molecule has 0 aliphatic heterocycles. The zero-order chi connectivity index (χ0) is 17.7. The van der Waals surface area contributed by atoms with Crippen LogP contribution in [-0.2, 0) is 4.79 Å². The predicted octanol–water partition coefficient (Wildman–Crippen LogP) is 2.26. The van der Waals surface area contributed by atoms with Gasteiger partial charge in [-0.1, -0.05) is 12.1 Å². The van der Waals surface area contributed by atoms with E-state index in [9.17, 15) is 14.0 Å². The average Bonchev–Trinajstić information content (AvgIpc) is 2.55. The Morgan fingerprint density at radius 1 is 1.25 bits per heavy atom. The summed E-state index contributed by atoms with van der Waals surface area (Å²) < 4.78 is 23.9. The molecule has 0 bridgehead atoms. The lowest BCUT2D eigenvalue weighted by Crippen LogP contribution is -2.22. The van der Waals surface area contributed by atoms with E-state index >= 15 is 0 Å². The van der Waals surface area contributed by atoms with Crippen molar-refractivity contribution in [2.75, 3.05) is 19.0 Å². The molecule has 2 aromatic rings. The summed E-state index contributed by atoms with van der Waals surface area (Å²) in [5.74, 6) is -1.28. The number of amides is 2. The van der Waals surface area contributed by atoms with Crippen LogP contribution < -0.4 is 20.5 Å². The van der Waals surface area contributed by atoms with E-state index in [1.54, 1.807) is 31.2 Å². The van der Waals surface area contributed by atoms with Gasteiger partial charge in [0.15, 0.2) is 18.1 Å². The van der Waals surface area contributed by atoms with Crippen LogP contribution in [0.15, 0.2) is 36.4 Å². The summed E-state index contributed by atoms with van der Waals surface area (Å²) in [5, 5.41) is 2.51. The van der Waals surface area contributed by atoms with E-state index in [1.165, 1.54) is 19.2 Å². The summed E-state index contributed by atoms with van der Waals surface area (Å²) in [5.41, 5.74) is 6.17. The van der Waals surface area contributed by atoms with Crippen molar-refractivity contribution in [3.05, 3.63) is 53.3 Å². The highest BCUT2D eigenvalue weighted by atomic mass is 19.1. The van der Waals surface area contributed by atoms with Crippen LogP contribution >= 0.6 is 0 Å². The summed E-state index contributed by atoms with van der Waals surface area (Å²) in [6.45, 7) is 1.23. The average molecular weight is 332 g/mol. The zero-order valence-corrected chi connectivity index (χ0v) is 13.3. The molecule has 0 aliphatic carbocycles. The molecule has 0 aliphatic rings. The van der Waals surface area contributed by atoms with E-state index in [0.717, 1.165) is 0 Å². The van der Waals surface area contributed by atoms with Crippen molar-refractivity contribution in [1.82, 2.24) is 0 Å². The second-order valence-electron chi connectivity index (χ2n) is 5.00. The van der Waals surface area contributed by atoms with Crippen LogP contribution in [0, 0.1) is 12.7 Å². The minimum atomic E-state index is -0.704. The fourth-order valence-corrected chi connectivity index (χ4v) is 2.02. The fraction of sp³-hybridized carbons (Fsp3) is 0.176. The molecule has 2 rings (SSSR count). The summed E-state index contributed by atoms with van der Waals surface area (Å²) in [4.78, 5) is 23.4. The summed E-state index contributed by atoms with van der Waals surface area (Å²) >= 11 is 0. The van der Waals surface area contributed by atoms with Crippen molar-refractivity contribution in [2.24, 2.45) is 5.73 Å². The van der Waals surface area contributed by atoms with Crippen LogP contribution in [0.3, 0.4) is 0 Å². The summed E-state index contributed by atoms with van der Waals surface area (Å²) in [6.07, 6.45) is 0. The van der Waals surface area contributed by atoms with Gasteiger partial charge < -0.3 is 20.5 Å². The molecule has 0 atom stereocenters. The van der Waals surface area contributed by atoms with Gasteiger partial charge in [-0.25, -0.2) is 4.39 Å². The Labute approximate surface area is 138 Å². The van der Waals surface area contributed by atoms with Crippen molar-refractivity contribution in [1.29, 1.82) is 0 Å². The standard InChI is InChI=1S/C17H17FN2O4/c1-10-6-7-11(8-13(10)18)20-15(21)9-24-16-12(17(19)22)4-3-5-14(16)23-2/h3-8H,9H2,1-2H3,(H2,19,22)(H,20,21). The minimum absolute atomic E-state index is 0.0812. The number of para-hydroxylation sites is 1. The topological polar surface area (TPSA) is 90.7 Å². The molecule has 0 fully saturated rings. The van der Waals surface area contributed by atoms with Gasteiger partial charge >= 0.3 is 0 Å². The number of ether oxygens (including phenoxy) is 2. The normalized spacial score (nSPS) is 10.1. The van der Waals surface area contributed by atoms with Gasteiger partial charge in [0.2, 0.25) is 0 Å². The number of nitrogens with two attached hydrogens (primary N) is 1. The van der Waals surface area contributed by atoms with Crippen molar-refractivity contribution >= 4 is 17.5 Å². The van der Waals surface area contributed by atoms with E-state index in [0.29, 0.717) is 11.3 Å². The Hall–Kier alpha value is -3.09. The van der Waals surface area contributed by atoms with Crippen LogP contribution in [0.1, 0.15) is 15.9 Å². The lowest BCUT2D eigenvalue weighted by atomic mass is 10.2. The van der Waals surface area contributed by atoms with Gasteiger partial charge in [-0.15, -0.1) is 0 Å². The molecule has 2 aromatic carbocycles. The zero-order valence-electron chi connectivity index (χ0n) is 13.3. The third-order valence-electron chi connectivity index (χ3n) is 3.27. The lowest BCUT2D eigenvalue weighted by molar-refractivity contribution is -0.118. The number of halogens is 1. The number of hydrogen-bond acceptors (Lipinski definition) is 4. The largest absolute Gasteiger partial charge is 0.493 e. The number of benzene rings is 2. The molecule has 24 heavy (non-hydrogen) atoms. The molecule has 0 heterocycles. The van der Waals surface area contributed by atoms with Crippen LogP contribution in [0.5, 0.6) is 11.5 Å². The highest BCUT2D eigenvalue weighted by Crippen LogP contribution is 2.30. The maximum Gasteiger partial charge on any atom is 0.262 e. The highest BCUT2D eigenvalue weighted by Gasteiger charge is 2.16. The number of primary amides is 1. The van der Waals surface area contributed by atoms with Crippen LogP contribution in [-0.4, -0.2) is 25.5 Å². The maximum absolute atomic E-state index is 13.5. The van der Waals surface area contributed by atoms with E-state index in [4.69, 9.17) is 15.2 Å². The number of anilines is 1. The molecular weight excluding hydrogens is 315 g/mol. The second-order valence-corrected chi connectivity index (χ2v) is 5.00. The van der Waals surface area contributed by atoms with Crippen molar-refractivity contribution in [3.63, 3.8) is 0 Å². The first kappa shape index (κ1) is 17.3. The van der Waals surface area contributed by atoms with Crippen LogP contribution in [0.25, 0.3) is 0 Å². The number of carbonyl (C=O) groups excluding carboxylic acids is 2. The molecule has 0 aromatic heterocycles. The Balaban J connectivity index is 2.09.